The second-order valence-corrected chi connectivity index (χ2v) is 15.0. The molecule has 0 heterocycles. The molecule has 0 aliphatic rings. The molecular formula is C22H22IOSi+. The first-order valence-corrected chi connectivity index (χ1v) is 14.0. The molecule has 0 saturated heterocycles. The van der Waals surface area contributed by atoms with Crippen LogP contribution in [0.1, 0.15) is 15.9 Å². The molecule has 0 atom stereocenters. The summed E-state index contributed by atoms with van der Waals surface area (Å²) >= 11 is -0.289. The van der Waals surface area contributed by atoms with Gasteiger partial charge in [-0.2, -0.15) is 0 Å². The molecule has 0 fully saturated rings. The van der Waals surface area contributed by atoms with Crippen LogP contribution in [0, 0.1) is 7.14 Å². The van der Waals surface area contributed by atoms with Crippen molar-refractivity contribution in [1.29, 1.82) is 0 Å². The van der Waals surface area contributed by atoms with Gasteiger partial charge in [-0.05, 0) is 17.3 Å². The lowest BCUT2D eigenvalue weighted by molar-refractivity contribution is -0.596. The largest absolute Gasteiger partial charge is 0.357 e. The number of benzene rings is 3. The number of hydrogen-bond donors (Lipinski definition) is 0. The van der Waals surface area contributed by atoms with E-state index in [2.05, 4.69) is 62.1 Å². The van der Waals surface area contributed by atoms with Crippen LogP contribution in [0.4, 0.5) is 0 Å². The maximum absolute atomic E-state index is 12.8. The Balaban J connectivity index is 2.02. The Hall–Kier alpha value is -1.72. The van der Waals surface area contributed by atoms with Crippen molar-refractivity contribution in [3.63, 3.8) is 0 Å². The van der Waals surface area contributed by atoms with Crippen LogP contribution in [0.2, 0.25) is 19.6 Å². The Kier molecular flexibility index (Phi) is 5.54. The van der Waals surface area contributed by atoms with Crippen LogP contribution in [0.15, 0.2) is 78.9 Å². The van der Waals surface area contributed by atoms with Crippen molar-refractivity contribution in [2.24, 2.45) is 0 Å². The Morgan fingerprint density at radius 3 is 1.96 bits per heavy atom. The Bertz CT molecular complexity index is 868. The second-order valence-electron chi connectivity index (χ2n) is 7.03. The quantitative estimate of drug-likeness (QED) is 0.323. The van der Waals surface area contributed by atoms with E-state index >= 15 is 0 Å². The third-order valence-electron chi connectivity index (χ3n) is 4.02. The van der Waals surface area contributed by atoms with Crippen LogP contribution in [0.3, 0.4) is 0 Å². The minimum Gasteiger partial charge on any atom is -0.289 e. The minimum atomic E-state index is -1.45. The maximum Gasteiger partial charge on any atom is 0.357 e. The summed E-state index contributed by atoms with van der Waals surface area (Å²) in [5.74, 6) is 0.112. The van der Waals surface area contributed by atoms with Gasteiger partial charge in [0.1, 0.15) is 0 Å². The number of carbonyl (C=O) groups excluding carboxylic acids is 1. The van der Waals surface area contributed by atoms with Crippen molar-refractivity contribution in [3.05, 3.63) is 97.1 Å². The average molecular weight is 457 g/mol. The second kappa shape index (κ2) is 7.66. The molecule has 0 bridgehead atoms. The monoisotopic (exact) mass is 457 g/mol. The number of carbonyl (C=O) groups is 1. The number of ketones is 1. The van der Waals surface area contributed by atoms with Gasteiger partial charge in [0.2, 0.25) is 0 Å². The normalized spacial score (nSPS) is 11.3. The van der Waals surface area contributed by atoms with Gasteiger partial charge in [0, 0.05) is 17.2 Å². The molecule has 0 spiro atoms. The molecule has 1 nitrogen and oxygen atoms in total. The summed E-state index contributed by atoms with van der Waals surface area (Å²) in [6.07, 6.45) is 0. The molecule has 0 aliphatic carbocycles. The smallest absolute Gasteiger partial charge is 0.289 e. The molecule has 25 heavy (non-hydrogen) atoms. The average Bonchev–Trinajstić information content (AvgIpc) is 2.62. The van der Waals surface area contributed by atoms with Crippen molar-refractivity contribution in [3.8, 4) is 0 Å². The molecule has 0 N–H and O–H groups in total. The third kappa shape index (κ3) is 4.47. The molecule has 0 aliphatic heterocycles. The molecule has 126 valence electrons. The summed E-state index contributed by atoms with van der Waals surface area (Å²) in [6.45, 7) is 7.12. The van der Waals surface area contributed by atoms with Gasteiger partial charge in [0.15, 0.2) is 12.9 Å². The first kappa shape index (κ1) is 18.1. The van der Waals surface area contributed by atoms with Crippen LogP contribution < -0.4 is 26.4 Å². The number of hydrogen-bond acceptors (Lipinski definition) is 1. The van der Waals surface area contributed by atoms with Crippen molar-refractivity contribution in [2.75, 3.05) is 0 Å². The van der Waals surface area contributed by atoms with Crippen LogP contribution in [0.5, 0.6) is 0 Å². The predicted molar refractivity (Wildman–Crippen MR) is 103 cm³/mol. The van der Waals surface area contributed by atoms with Crippen molar-refractivity contribution in [1.82, 2.24) is 0 Å². The van der Waals surface area contributed by atoms with Gasteiger partial charge in [0.25, 0.3) is 0 Å². The zero-order valence-electron chi connectivity index (χ0n) is 14.8. The molecule has 0 unspecified atom stereocenters. The molecule has 3 rings (SSSR count). The molecule has 0 amide bonds. The highest BCUT2D eigenvalue weighted by molar-refractivity contribution is 6.88. The van der Waals surface area contributed by atoms with Crippen LogP contribution in [-0.4, -0.2) is 13.9 Å². The van der Waals surface area contributed by atoms with Gasteiger partial charge in [-0.3, -0.25) is 4.79 Å². The lowest BCUT2D eigenvalue weighted by Crippen LogP contribution is -3.62. The fourth-order valence-electron chi connectivity index (χ4n) is 2.69. The number of halogens is 1. The summed E-state index contributed by atoms with van der Waals surface area (Å²) in [6, 6.07) is 26.6. The van der Waals surface area contributed by atoms with Crippen molar-refractivity contribution in [2.45, 2.75) is 19.6 Å². The van der Waals surface area contributed by atoms with Crippen molar-refractivity contribution >= 4 is 19.0 Å². The summed E-state index contributed by atoms with van der Waals surface area (Å²) in [5.41, 5.74) is 1.56. The van der Waals surface area contributed by atoms with Gasteiger partial charge in [0.05, 0.1) is 8.07 Å². The van der Waals surface area contributed by atoms with Crippen molar-refractivity contribution < 1.29 is 26.0 Å². The van der Waals surface area contributed by atoms with Gasteiger partial charge in [-0.25, -0.2) is 0 Å². The standard InChI is InChI=1S/C22H22IOSi/c1-25(2,3)21-15-14-18(22(24)17-10-6-4-7-11-17)16-20(21)23-19-12-8-5-9-13-19/h4-16H,1-3H3/q+1. The van der Waals surface area contributed by atoms with E-state index in [0.717, 1.165) is 11.1 Å². The van der Waals surface area contributed by atoms with E-state index in [1.807, 2.05) is 36.4 Å². The first-order valence-electron chi connectivity index (χ1n) is 8.39. The third-order valence-corrected chi connectivity index (χ3v) is 9.40. The Morgan fingerprint density at radius 1 is 0.760 bits per heavy atom. The van der Waals surface area contributed by atoms with E-state index in [4.69, 9.17) is 0 Å². The molecular weight excluding hydrogens is 435 g/mol. The summed E-state index contributed by atoms with van der Waals surface area (Å²) < 4.78 is 2.79. The predicted octanol–water partition coefficient (Wildman–Crippen LogP) is 1.59. The molecule has 0 aromatic heterocycles. The van der Waals surface area contributed by atoms with E-state index in [1.54, 1.807) is 0 Å². The highest BCUT2D eigenvalue weighted by Crippen LogP contribution is 2.10. The van der Waals surface area contributed by atoms with Crippen LogP contribution in [0.25, 0.3) is 0 Å². The zero-order valence-corrected chi connectivity index (χ0v) is 17.9. The van der Waals surface area contributed by atoms with Gasteiger partial charge in [-0.15, -0.1) is 0 Å². The van der Waals surface area contributed by atoms with Crippen LogP contribution in [-0.2, 0) is 0 Å². The molecule has 0 radical (unpaired) electrons. The SMILES string of the molecule is C[Si](C)(C)c1ccc(C(=O)c2ccccc2)cc1[I+]c1ccccc1. The van der Waals surface area contributed by atoms with E-state index in [1.165, 1.54) is 12.3 Å². The first-order chi connectivity index (χ1) is 11.9. The van der Waals surface area contributed by atoms with Crippen LogP contribution >= 0.6 is 0 Å². The molecule has 3 aromatic rings. The van der Waals surface area contributed by atoms with Gasteiger partial charge < -0.3 is 0 Å². The highest BCUT2D eigenvalue weighted by atomic mass is 127. The fourth-order valence-corrected chi connectivity index (χ4v) is 9.22. The maximum atomic E-state index is 12.8. The van der Waals surface area contributed by atoms with Gasteiger partial charge >= 0.3 is 21.2 Å². The van der Waals surface area contributed by atoms with E-state index in [0.29, 0.717) is 0 Å². The summed E-state index contributed by atoms with van der Waals surface area (Å²) in [5, 5.41) is 1.48. The molecule has 0 saturated carbocycles. The minimum absolute atomic E-state index is 0.112. The molecule has 3 heteroatoms. The lowest BCUT2D eigenvalue weighted by atomic mass is 10.0. The lowest BCUT2D eigenvalue weighted by Gasteiger charge is -2.16. The Morgan fingerprint density at radius 2 is 1.36 bits per heavy atom. The number of rotatable bonds is 5. The van der Waals surface area contributed by atoms with E-state index in [9.17, 15) is 4.79 Å². The summed E-state index contributed by atoms with van der Waals surface area (Å²) in [4.78, 5) is 12.8. The fraction of sp³-hybridized carbons (Fsp3) is 0.136. The van der Waals surface area contributed by atoms with E-state index in [-0.39, 0.29) is 27.0 Å². The summed E-state index contributed by atoms with van der Waals surface area (Å²) in [7, 11) is -1.45. The topological polar surface area (TPSA) is 17.1 Å². The zero-order chi connectivity index (χ0) is 17.9. The van der Waals surface area contributed by atoms with Gasteiger partial charge in [-0.1, -0.05) is 80.3 Å². The molecule has 3 aromatic carbocycles. The Labute approximate surface area is 161 Å². The highest BCUT2D eigenvalue weighted by Gasteiger charge is 2.29. The van der Waals surface area contributed by atoms with E-state index < -0.39 is 8.07 Å².